The highest BCUT2D eigenvalue weighted by atomic mass is 14.9. The van der Waals surface area contributed by atoms with Gasteiger partial charge in [-0.05, 0) is 23.5 Å². The van der Waals surface area contributed by atoms with Crippen LogP contribution in [-0.2, 0) is 6.54 Å². The first-order valence-electron chi connectivity index (χ1n) is 8.16. The van der Waals surface area contributed by atoms with Crippen molar-refractivity contribution in [3.8, 4) is 0 Å². The Bertz CT molecular complexity index is 555. The van der Waals surface area contributed by atoms with E-state index in [0.29, 0.717) is 5.41 Å². The van der Waals surface area contributed by atoms with Crippen LogP contribution in [0.1, 0.15) is 52.0 Å². The van der Waals surface area contributed by atoms with Gasteiger partial charge in [0.25, 0.3) is 0 Å². The van der Waals surface area contributed by atoms with Crippen molar-refractivity contribution >= 4 is 10.9 Å². The molecule has 21 heavy (non-hydrogen) atoms. The third kappa shape index (κ3) is 4.82. The predicted molar refractivity (Wildman–Crippen MR) is 91.4 cm³/mol. The number of aromatic nitrogens is 1. The lowest BCUT2D eigenvalue weighted by molar-refractivity contribution is 0.302. The average Bonchev–Trinajstić information content (AvgIpc) is 2.47. The van der Waals surface area contributed by atoms with Gasteiger partial charge in [-0.15, -0.1) is 0 Å². The lowest BCUT2D eigenvalue weighted by atomic mass is 9.87. The molecular formula is C19H28N2. The Kier molecular flexibility index (Phi) is 5.75. The largest absolute Gasteiger partial charge is 0.312 e. The van der Waals surface area contributed by atoms with Gasteiger partial charge in [0.05, 0.1) is 5.52 Å². The predicted octanol–water partition coefficient (Wildman–Crippen LogP) is 4.93. The number of unbranched alkanes of at least 4 members (excludes halogenated alkanes) is 2. The average molecular weight is 284 g/mol. The van der Waals surface area contributed by atoms with Crippen LogP contribution in [-0.4, -0.2) is 11.5 Å². The second kappa shape index (κ2) is 7.56. The maximum Gasteiger partial charge on any atom is 0.0746 e. The summed E-state index contributed by atoms with van der Waals surface area (Å²) in [5, 5.41) is 4.84. The van der Waals surface area contributed by atoms with Crippen molar-refractivity contribution in [2.75, 3.05) is 6.54 Å². The summed E-state index contributed by atoms with van der Waals surface area (Å²) in [7, 11) is 0. The number of nitrogens with zero attached hydrogens (tertiary/aromatic N) is 1. The zero-order chi connectivity index (χ0) is 15.1. The molecule has 0 unspecified atom stereocenters. The normalized spacial score (nSPS) is 12.0. The van der Waals surface area contributed by atoms with E-state index < -0.39 is 0 Å². The van der Waals surface area contributed by atoms with Crippen LogP contribution < -0.4 is 5.32 Å². The Balaban J connectivity index is 1.90. The number of nitrogens with one attached hydrogen (secondary N) is 1. The molecule has 0 saturated carbocycles. The minimum atomic E-state index is 0.368. The molecule has 0 aliphatic heterocycles. The van der Waals surface area contributed by atoms with Crippen LogP contribution in [0, 0.1) is 5.41 Å². The molecule has 0 amide bonds. The number of pyridine rings is 1. The van der Waals surface area contributed by atoms with Gasteiger partial charge in [0.1, 0.15) is 0 Å². The molecule has 0 aliphatic rings. The molecule has 1 N–H and O–H groups in total. The molecule has 0 saturated heterocycles. The molecule has 2 heteroatoms. The second-order valence-corrected chi connectivity index (χ2v) is 6.72. The third-order valence-corrected chi connectivity index (χ3v) is 4.09. The molecule has 2 aromatic rings. The summed E-state index contributed by atoms with van der Waals surface area (Å²) >= 11 is 0. The van der Waals surface area contributed by atoms with E-state index in [-0.39, 0.29) is 0 Å². The number of para-hydroxylation sites is 1. The SMILES string of the molecule is CCCCCC(C)(C)CNCc1cccc2cccnc12. The zero-order valence-corrected chi connectivity index (χ0v) is 13.7. The van der Waals surface area contributed by atoms with Crippen molar-refractivity contribution in [1.82, 2.24) is 10.3 Å². The van der Waals surface area contributed by atoms with Crippen molar-refractivity contribution in [3.63, 3.8) is 0 Å². The minimum Gasteiger partial charge on any atom is -0.312 e. The third-order valence-electron chi connectivity index (χ3n) is 4.09. The number of benzene rings is 1. The molecule has 114 valence electrons. The van der Waals surface area contributed by atoms with Crippen LogP contribution in [0.4, 0.5) is 0 Å². The lowest BCUT2D eigenvalue weighted by Gasteiger charge is -2.25. The van der Waals surface area contributed by atoms with Gasteiger partial charge in [-0.1, -0.05) is 64.3 Å². The topological polar surface area (TPSA) is 24.9 Å². The van der Waals surface area contributed by atoms with Gasteiger partial charge in [-0.2, -0.15) is 0 Å². The number of hydrogen-bond acceptors (Lipinski definition) is 2. The summed E-state index contributed by atoms with van der Waals surface area (Å²) in [6, 6.07) is 10.5. The fourth-order valence-corrected chi connectivity index (χ4v) is 2.79. The van der Waals surface area contributed by atoms with Crippen molar-refractivity contribution in [3.05, 3.63) is 42.1 Å². The molecule has 0 atom stereocenters. The Morgan fingerprint density at radius 1 is 1.10 bits per heavy atom. The van der Waals surface area contributed by atoms with Crippen LogP contribution in [0.2, 0.25) is 0 Å². The van der Waals surface area contributed by atoms with Crippen LogP contribution in [0.3, 0.4) is 0 Å². The smallest absolute Gasteiger partial charge is 0.0746 e. The van der Waals surface area contributed by atoms with E-state index in [1.54, 1.807) is 0 Å². The first kappa shape index (κ1) is 16.0. The van der Waals surface area contributed by atoms with Crippen molar-refractivity contribution < 1.29 is 0 Å². The van der Waals surface area contributed by atoms with E-state index >= 15 is 0 Å². The molecule has 0 aliphatic carbocycles. The summed E-state index contributed by atoms with van der Waals surface area (Å²) in [6.45, 7) is 8.93. The van der Waals surface area contributed by atoms with Gasteiger partial charge < -0.3 is 5.32 Å². The highest BCUT2D eigenvalue weighted by Gasteiger charge is 2.16. The first-order chi connectivity index (χ1) is 10.1. The van der Waals surface area contributed by atoms with E-state index in [4.69, 9.17) is 0 Å². The van der Waals surface area contributed by atoms with E-state index in [1.165, 1.54) is 36.6 Å². The molecule has 1 heterocycles. The summed E-state index contributed by atoms with van der Waals surface area (Å²) < 4.78 is 0. The fourth-order valence-electron chi connectivity index (χ4n) is 2.79. The molecule has 0 spiro atoms. The maximum absolute atomic E-state index is 4.52. The maximum atomic E-state index is 4.52. The van der Waals surface area contributed by atoms with Crippen LogP contribution in [0.5, 0.6) is 0 Å². The quantitative estimate of drug-likeness (QED) is 0.695. The molecule has 0 fully saturated rings. The summed E-state index contributed by atoms with van der Waals surface area (Å²) in [5.74, 6) is 0. The Hall–Kier alpha value is -1.41. The Morgan fingerprint density at radius 2 is 1.90 bits per heavy atom. The summed E-state index contributed by atoms with van der Waals surface area (Å²) in [6.07, 6.45) is 7.14. The van der Waals surface area contributed by atoms with Crippen molar-refractivity contribution in [1.29, 1.82) is 0 Å². The van der Waals surface area contributed by atoms with Gasteiger partial charge in [0.15, 0.2) is 0 Å². The van der Waals surface area contributed by atoms with Crippen molar-refractivity contribution in [2.45, 2.75) is 53.0 Å². The molecule has 1 aromatic carbocycles. The van der Waals surface area contributed by atoms with E-state index in [0.717, 1.165) is 18.6 Å². The molecule has 0 bridgehead atoms. The summed E-state index contributed by atoms with van der Waals surface area (Å²) in [5.41, 5.74) is 2.78. The van der Waals surface area contributed by atoms with E-state index in [9.17, 15) is 0 Å². The molecule has 2 nitrogen and oxygen atoms in total. The highest BCUT2D eigenvalue weighted by Crippen LogP contribution is 2.23. The van der Waals surface area contributed by atoms with Gasteiger partial charge >= 0.3 is 0 Å². The first-order valence-corrected chi connectivity index (χ1v) is 8.16. The number of fused-ring (bicyclic) bond motifs is 1. The molecule has 0 radical (unpaired) electrons. The summed E-state index contributed by atoms with van der Waals surface area (Å²) in [4.78, 5) is 4.52. The fraction of sp³-hybridized carbons (Fsp3) is 0.526. The standard InChI is InChI=1S/C19H28N2/c1-4-5-6-12-19(2,3)15-20-14-17-10-7-9-16-11-8-13-21-18(16)17/h7-11,13,20H,4-6,12,14-15H2,1-3H3. The van der Waals surface area contributed by atoms with Crippen molar-refractivity contribution in [2.24, 2.45) is 5.41 Å². The number of rotatable bonds is 8. The van der Waals surface area contributed by atoms with Gasteiger partial charge in [0.2, 0.25) is 0 Å². The molecule has 2 rings (SSSR count). The van der Waals surface area contributed by atoms with Gasteiger partial charge in [-0.3, -0.25) is 4.98 Å². The Morgan fingerprint density at radius 3 is 2.71 bits per heavy atom. The van der Waals surface area contributed by atoms with E-state index in [2.05, 4.69) is 55.3 Å². The second-order valence-electron chi connectivity index (χ2n) is 6.72. The van der Waals surface area contributed by atoms with Crippen LogP contribution >= 0.6 is 0 Å². The van der Waals surface area contributed by atoms with Crippen LogP contribution in [0.15, 0.2) is 36.5 Å². The van der Waals surface area contributed by atoms with Gasteiger partial charge in [-0.25, -0.2) is 0 Å². The van der Waals surface area contributed by atoms with Gasteiger partial charge in [0, 0.05) is 24.7 Å². The lowest BCUT2D eigenvalue weighted by Crippen LogP contribution is -2.29. The number of hydrogen-bond donors (Lipinski definition) is 1. The van der Waals surface area contributed by atoms with E-state index in [1.807, 2.05) is 12.3 Å². The monoisotopic (exact) mass is 284 g/mol. The minimum absolute atomic E-state index is 0.368. The molecular weight excluding hydrogens is 256 g/mol. The molecule has 1 aromatic heterocycles. The Labute approximate surface area is 129 Å². The zero-order valence-electron chi connectivity index (χ0n) is 13.7. The highest BCUT2D eigenvalue weighted by molar-refractivity contribution is 5.81. The van der Waals surface area contributed by atoms with Crippen LogP contribution in [0.25, 0.3) is 10.9 Å².